The van der Waals surface area contributed by atoms with Gasteiger partial charge in [0, 0.05) is 12.0 Å². The van der Waals surface area contributed by atoms with Crippen molar-refractivity contribution >= 4 is 0 Å². The highest BCUT2D eigenvalue weighted by molar-refractivity contribution is 5.21. The van der Waals surface area contributed by atoms with Crippen LogP contribution in [0.25, 0.3) is 0 Å². The van der Waals surface area contributed by atoms with E-state index in [1.807, 2.05) is 30.3 Å². The highest BCUT2D eigenvalue weighted by Gasteiger charge is 2.51. The van der Waals surface area contributed by atoms with Crippen molar-refractivity contribution in [1.82, 2.24) is 4.90 Å². The molecule has 2 N–H and O–H groups in total. The number of rotatable bonds is 6. The molecule has 3 heterocycles. The van der Waals surface area contributed by atoms with E-state index < -0.39 is 0 Å². The minimum absolute atomic E-state index is 0.0117. The number of hydrogen-bond acceptors (Lipinski definition) is 4. The molecule has 2 bridgehead atoms. The highest BCUT2D eigenvalue weighted by atomic mass is 16.5. The van der Waals surface area contributed by atoms with Crippen molar-refractivity contribution in [2.45, 2.75) is 37.8 Å². The minimum Gasteiger partial charge on any atom is -0.492 e. The van der Waals surface area contributed by atoms with E-state index in [-0.39, 0.29) is 24.2 Å². The Balaban J connectivity index is 1.65. The summed E-state index contributed by atoms with van der Waals surface area (Å²) >= 11 is 0. The summed E-state index contributed by atoms with van der Waals surface area (Å²) < 4.78 is 5.87. The second-order valence-corrected chi connectivity index (χ2v) is 6.36. The first-order valence-corrected chi connectivity index (χ1v) is 7.96. The average molecular weight is 291 g/mol. The smallest absolute Gasteiger partial charge is 0.119 e. The Morgan fingerprint density at radius 3 is 2.57 bits per heavy atom. The summed E-state index contributed by atoms with van der Waals surface area (Å²) in [6.07, 6.45) is 3.42. The van der Waals surface area contributed by atoms with Gasteiger partial charge in [-0.2, -0.15) is 0 Å². The van der Waals surface area contributed by atoms with Gasteiger partial charge in [-0.25, -0.2) is 0 Å². The standard InChI is InChI=1S/C17H25NO3/c19-12-4-7-17-8-10-18(11-9-17)15(16(17)20)13-21-14-5-2-1-3-6-14/h1-3,5-6,15-16,19-20H,4,7-13H2. The van der Waals surface area contributed by atoms with Crippen LogP contribution in [0.3, 0.4) is 0 Å². The molecular formula is C17H25NO3. The summed E-state index contributed by atoms with van der Waals surface area (Å²) in [4.78, 5) is 2.36. The summed E-state index contributed by atoms with van der Waals surface area (Å²) in [6, 6.07) is 9.86. The van der Waals surface area contributed by atoms with Crippen molar-refractivity contribution in [3.8, 4) is 5.75 Å². The van der Waals surface area contributed by atoms with Crippen LogP contribution in [0.1, 0.15) is 25.7 Å². The number of fused-ring (bicyclic) bond motifs is 3. The Bertz CT molecular complexity index is 443. The SMILES string of the molecule is OCCCC12CCN(CC1)C(COc1ccccc1)C2O. The Morgan fingerprint density at radius 1 is 1.19 bits per heavy atom. The van der Waals surface area contributed by atoms with Gasteiger partial charge in [0.05, 0.1) is 12.1 Å². The van der Waals surface area contributed by atoms with Crippen LogP contribution in [0.5, 0.6) is 5.75 Å². The summed E-state index contributed by atoms with van der Waals surface area (Å²) in [6.45, 7) is 2.81. The summed E-state index contributed by atoms with van der Waals surface area (Å²) in [5.74, 6) is 0.858. The second-order valence-electron chi connectivity index (χ2n) is 6.36. The maximum atomic E-state index is 10.8. The topological polar surface area (TPSA) is 52.9 Å². The predicted octanol–water partition coefficient (Wildman–Crippen LogP) is 1.66. The number of hydrogen-bond donors (Lipinski definition) is 2. The lowest BCUT2D eigenvalue weighted by molar-refractivity contribution is -0.146. The lowest BCUT2D eigenvalue weighted by Gasteiger charge is -2.56. The molecule has 3 aliphatic rings. The van der Waals surface area contributed by atoms with E-state index in [1.54, 1.807) is 0 Å². The van der Waals surface area contributed by atoms with E-state index in [1.165, 1.54) is 0 Å². The Labute approximate surface area is 126 Å². The van der Waals surface area contributed by atoms with Crippen LogP contribution >= 0.6 is 0 Å². The number of aliphatic hydroxyl groups excluding tert-OH is 2. The molecule has 0 radical (unpaired) electrons. The minimum atomic E-state index is -0.352. The van der Waals surface area contributed by atoms with Gasteiger partial charge in [0.25, 0.3) is 0 Å². The van der Waals surface area contributed by atoms with Gasteiger partial charge in [0.1, 0.15) is 12.4 Å². The van der Waals surface area contributed by atoms with Gasteiger partial charge < -0.3 is 14.9 Å². The number of aliphatic hydroxyl groups is 2. The summed E-state index contributed by atoms with van der Waals surface area (Å²) in [5.41, 5.74) is -0.0117. The van der Waals surface area contributed by atoms with Crippen LogP contribution in [-0.4, -0.2) is 53.6 Å². The van der Waals surface area contributed by atoms with Gasteiger partial charge in [-0.1, -0.05) is 18.2 Å². The molecule has 0 spiro atoms. The molecule has 0 saturated carbocycles. The van der Waals surface area contributed by atoms with Gasteiger partial charge in [0.2, 0.25) is 0 Å². The van der Waals surface area contributed by atoms with Crippen LogP contribution in [0.4, 0.5) is 0 Å². The zero-order valence-electron chi connectivity index (χ0n) is 12.4. The van der Waals surface area contributed by atoms with E-state index in [9.17, 15) is 5.11 Å². The third-order valence-corrected chi connectivity index (χ3v) is 5.25. The van der Waals surface area contributed by atoms with Gasteiger partial charge in [-0.15, -0.1) is 0 Å². The second kappa shape index (κ2) is 6.34. The van der Waals surface area contributed by atoms with Crippen molar-refractivity contribution in [2.75, 3.05) is 26.3 Å². The molecule has 4 heteroatoms. The van der Waals surface area contributed by atoms with Crippen LogP contribution in [-0.2, 0) is 0 Å². The van der Waals surface area contributed by atoms with E-state index >= 15 is 0 Å². The lowest BCUT2D eigenvalue weighted by Crippen LogP contribution is -2.65. The molecule has 1 aromatic rings. The summed E-state index contributed by atoms with van der Waals surface area (Å²) in [5, 5.41) is 19.9. The molecule has 4 rings (SSSR count). The molecule has 0 amide bonds. The maximum absolute atomic E-state index is 10.8. The third-order valence-electron chi connectivity index (χ3n) is 5.25. The number of ether oxygens (including phenoxy) is 1. The molecular weight excluding hydrogens is 266 g/mol. The van der Waals surface area contributed by atoms with Crippen molar-refractivity contribution < 1.29 is 14.9 Å². The average Bonchev–Trinajstić information content (AvgIpc) is 2.54. The van der Waals surface area contributed by atoms with Crippen LogP contribution in [0, 0.1) is 5.41 Å². The number of nitrogens with zero attached hydrogens (tertiary/aromatic N) is 1. The molecule has 0 aliphatic carbocycles. The van der Waals surface area contributed by atoms with Gasteiger partial charge >= 0.3 is 0 Å². The summed E-state index contributed by atoms with van der Waals surface area (Å²) in [7, 11) is 0. The van der Waals surface area contributed by atoms with Crippen molar-refractivity contribution in [2.24, 2.45) is 5.41 Å². The molecule has 2 atom stereocenters. The maximum Gasteiger partial charge on any atom is 0.119 e. The molecule has 2 unspecified atom stereocenters. The first-order valence-electron chi connectivity index (χ1n) is 7.96. The predicted molar refractivity (Wildman–Crippen MR) is 81.3 cm³/mol. The first-order chi connectivity index (χ1) is 10.2. The molecule has 1 aromatic carbocycles. The fraction of sp³-hybridized carbons (Fsp3) is 0.647. The van der Waals surface area contributed by atoms with E-state index in [4.69, 9.17) is 9.84 Å². The largest absolute Gasteiger partial charge is 0.492 e. The molecule has 3 fully saturated rings. The van der Waals surface area contributed by atoms with Gasteiger partial charge in [-0.05, 0) is 50.9 Å². The first kappa shape index (κ1) is 14.8. The van der Waals surface area contributed by atoms with Crippen molar-refractivity contribution in [3.63, 3.8) is 0 Å². The molecule has 4 nitrogen and oxygen atoms in total. The van der Waals surface area contributed by atoms with Crippen LogP contribution in [0.2, 0.25) is 0 Å². The quantitative estimate of drug-likeness (QED) is 0.837. The number of piperidine rings is 3. The third kappa shape index (κ3) is 2.93. The van der Waals surface area contributed by atoms with Crippen molar-refractivity contribution in [3.05, 3.63) is 30.3 Å². The fourth-order valence-electron chi connectivity index (χ4n) is 3.93. The molecule has 0 aromatic heterocycles. The van der Waals surface area contributed by atoms with Crippen molar-refractivity contribution in [1.29, 1.82) is 0 Å². The van der Waals surface area contributed by atoms with Gasteiger partial charge in [0.15, 0.2) is 0 Å². The monoisotopic (exact) mass is 291 g/mol. The number of benzene rings is 1. The highest BCUT2D eigenvalue weighted by Crippen LogP contribution is 2.46. The molecule has 116 valence electrons. The normalized spacial score (nSPS) is 34.9. The zero-order valence-corrected chi connectivity index (χ0v) is 12.4. The van der Waals surface area contributed by atoms with E-state index in [2.05, 4.69) is 4.90 Å². The Morgan fingerprint density at radius 2 is 1.90 bits per heavy atom. The molecule has 3 saturated heterocycles. The Hall–Kier alpha value is -1.10. The van der Waals surface area contributed by atoms with E-state index in [0.29, 0.717) is 6.61 Å². The fourth-order valence-corrected chi connectivity index (χ4v) is 3.93. The van der Waals surface area contributed by atoms with Crippen LogP contribution < -0.4 is 4.74 Å². The lowest BCUT2D eigenvalue weighted by atomic mass is 9.64. The Kier molecular flexibility index (Phi) is 4.48. The molecule has 21 heavy (non-hydrogen) atoms. The number of para-hydroxylation sites is 1. The van der Waals surface area contributed by atoms with Crippen LogP contribution in [0.15, 0.2) is 30.3 Å². The van der Waals surface area contributed by atoms with E-state index in [0.717, 1.165) is 44.5 Å². The zero-order chi connectivity index (χ0) is 14.7. The van der Waals surface area contributed by atoms with Gasteiger partial charge in [-0.3, -0.25) is 4.90 Å². The molecule has 3 aliphatic heterocycles.